The second kappa shape index (κ2) is 4.61. The Balaban J connectivity index is 0.00000120. The zero-order valence-electron chi connectivity index (χ0n) is 10.3. The van der Waals surface area contributed by atoms with Crippen LogP contribution >= 0.6 is 12.4 Å². The molecule has 0 unspecified atom stereocenters. The van der Waals surface area contributed by atoms with Crippen LogP contribution in [0.3, 0.4) is 0 Å². The largest absolute Gasteiger partial charge is 0.459 e. The van der Waals surface area contributed by atoms with Crippen molar-refractivity contribution in [1.29, 1.82) is 0 Å². The molecule has 2 aromatic heterocycles. The molecule has 2 heterocycles. The van der Waals surface area contributed by atoms with Gasteiger partial charge >= 0.3 is 6.01 Å². The molecule has 0 aliphatic heterocycles. The molecule has 0 amide bonds. The Bertz CT molecular complexity index is 564. The van der Waals surface area contributed by atoms with Crippen molar-refractivity contribution < 1.29 is 4.74 Å². The SMILES string of the molecule is CC(C)c1cc(N)n2nc(OC3CC3)nc2n1.Cl. The van der Waals surface area contributed by atoms with Gasteiger partial charge in [0.15, 0.2) is 0 Å². The highest BCUT2D eigenvalue weighted by atomic mass is 35.5. The Morgan fingerprint density at radius 3 is 2.72 bits per heavy atom. The van der Waals surface area contributed by atoms with Gasteiger partial charge in [0, 0.05) is 6.07 Å². The summed E-state index contributed by atoms with van der Waals surface area (Å²) in [5.41, 5.74) is 6.84. The predicted octanol–water partition coefficient (Wildman–Crippen LogP) is 1.79. The summed E-state index contributed by atoms with van der Waals surface area (Å²) < 4.78 is 7.04. The van der Waals surface area contributed by atoms with Crippen LogP contribution in [0.1, 0.15) is 38.3 Å². The monoisotopic (exact) mass is 269 g/mol. The molecular formula is C11H16ClN5O. The molecule has 0 radical (unpaired) electrons. The molecule has 0 saturated heterocycles. The number of nitrogens with zero attached hydrogens (tertiary/aromatic N) is 4. The van der Waals surface area contributed by atoms with Crippen molar-refractivity contribution in [3.63, 3.8) is 0 Å². The van der Waals surface area contributed by atoms with E-state index in [0.717, 1.165) is 18.5 Å². The second-order valence-corrected chi connectivity index (χ2v) is 4.68. The summed E-state index contributed by atoms with van der Waals surface area (Å²) >= 11 is 0. The first-order chi connectivity index (χ1) is 8.13. The Morgan fingerprint density at radius 1 is 1.39 bits per heavy atom. The van der Waals surface area contributed by atoms with Crippen molar-refractivity contribution in [1.82, 2.24) is 19.6 Å². The number of ether oxygens (including phenoxy) is 1. The van der Waals surface area contributed by atoms with E-state index in [1.165, 1.54) is 4.52 Å². The average molecular weight is 270 g/mol. The highest BCUT2D eigenvalue weighted by Gasteiger charge is 2.25. The quantitative estimate of drug-likeness (QED) is 0.919. The van der Waals surface area contributed by atoms with Crippen molar-refractivity contribution in [2.75, 3.05) is 5.73 Å². The minimum atomic E-state index is 0. The lowest BCUT2D eigenvalue weighted by molar-refractivity contribution is 0.279. The number of rotatable bonds is 3. The summed E-state index contributed by atoms with van der Waals surface area (Å²) in [5, 5.41) is 4.19. The predicted molar refractivity (Wildman–Crippen MR) is 70.2 cm³/mol. The molecule has 2 N–H and O–H groups in total. The zero-order valence-corrected chi connectivity index (χ0v) is 11.1. The highest BCUT2D eigenvalue weighted by molar-refractivity contribution is 5.85. The van der Waals surface area contributed by atoms with Crippen LogP contribution in [0.5, 0.6) is 6.01 Å². The minimum absolute atomic E-state index is 0. The fourth-order valence-corrected chi connectivity index (χ4v) is 1.57. The molecule has 98 valence electrons. The summed E-state index contributed by atoms with van der Waals surface area (Å²) in [7, 11) is 0. The fourth-order valence-electron chi connectivity index (χ4n) is 1.57. The van der Waals surface area contributed by atoms with E-state index in [1.807, 2.05) is 6.07 Å². The smallest absolute Gasteiger partial charge is 0.338 e. The van der Waals surface area contributed by atoms with Crippen LogP contribution in [0.2, 0.25) is 0 Å². The number of fused-ring (bicyclic) bond motifs is 1. The van der Waals surface area contributed by atoms with E-state index in [4.69, 9.17) is 10.5 Å². The van der Waals surface area contributed by atoms with E-state index in [2.05, 4.69) is 28.9 Å². The first kappa shape index (κ1) is 12.9. The summed E-state index contributed by atoms with van der Waals surface area (Å²) in [5.74, 6) is 1.35. The Labute approximate surface area is 111 Å². The van der Waals surface area contributed by atoms with Crippen LogP contribution in [-0.4, -0.2) is 25.7 Å². The number of nitrogen functional groups attached to an aromatic ring is 1. The summed E-state index contributed by atoms with van der Waals surface area (Å²) in [6.45, 7) is 4.13. The molecule has 0 spiro atoms. The molecule has 0 aromatic carbocycles. The molecule has 1 aliphatic carbocycles. The van der Waals surface area contributed by atoms with Crippen molar-refractivity contribution in [3.8, 4) is 6.01 Å². The van der Waals surface area contributed by atoms with Gasteiger partial charge in [0.2, 0.25) is 0 Å². The highest BCUT2D eigenvalue weighted by Crippen LogP contribution is 2.25. The van der Waals surface area contributed by atoms with Gasteiger partial charge in [0.05, 0.1) is 5.69 Å². The van der Waals surface area contributed by atoms with Crippen LogP contribution in [0.25, 0.3) is 5.78 Å². The molecule has 1 aliphatic rings. The first-order valence-electron chi connectivity index (χ1n) is 5.83. The molecular weight excluding hydrogens is 254 g/mol. The van der Waals surface area contributed by atoms with E-state index in [0.29, 0.717) is 23.5 Å². The Hall–Kier alpha value is -1.56. The third-order valence-electron chi connectivity index (χ3n) is 2.73. The standard InChI is InChI=1S/C11H15N5O.ClH/c1-6(2)8-5-9(12)16-10(13-8)14-11(15-16)17-7-3-4-7;/h5-7H,3-4,12H2,1-2H3;1H. The maximum absolute atomic E-state index is 5.92. The molecule has 3 rings (SSSR count). The molecule has 6 nitrogen and oxygen atoms in total. The number of aromatic nitrogens is 4. The van der Waals surface area contributed by atoms with E-state index in [-0.39, 0.29) is 18.5 Å². The zero-order chi connectivity index (χ0) is 12.0. The van der Waals surface area contributed by atoms with Gasteiger partial charge in [-0.2, -0.15) is 9.50 Å². The van der Waals surface area contributed by atoms with Crippen molar-refractivity contribution >= 4 is 24.0 Å². The topological polar surface area (TPSA) is 78.3 Å². The molecule has 1 fully saturated rings. The first-order valence-corrected chi connectivity index (χ1v) is 5.83. The third-order valence-corrected chi connectivity index (χ3v) is 2.73. The lowest BCUT2D eigenvalue weighted by Crippen LogP contribution is -2.04. The molecule has 18 heavy (non-hydrogen) atoms. The second-order valence-electron chi connectivity index (χ2n) is 4.68. The van der Waals surface area contributed by atoms with Gasteiger partial charge < -0.3 is 10.5 Å². The Morgan fingerprint density at radius 2 is 2.11 bits per heavy atom. The fraction of sp³-hybridized carbons (Fsp3) is 0.545. The van der Waals surface area contributed by atoms with Crippen LogP contribution < -0.4 is 10.5 Å². The van der Waals surface area contributed by atoms with Gasteiger partial charge in [0.1, 0.15) is 11.9 Å². The molecule has 1 saturated carbocycles. The lowest BCUT2D eigenvalue weighted by Gasteiger charge is -2.05. The van der Waals surface area contributed by atoms with Gasteiger partial charge in [-0.15, -0.1) is 17.5 Å². The summed E-state index contributed by atoms with van der Waals surface area (Å²) in [6.07, 6.45) is 2.43. The van der Waals surface area contributed by atoms with Gasteiger partial charge in [0.25, 0.3) is 5.78 Å². The minimum Gasteiger partial charge on any atom is -0.459 e. The van der Waals surface area contributed by atoms with E-state index < -0.39 is 0 Å². The molecule has 0 bridgehead atoms. The lowest BCUT2D eigenvalue weighted by atomic mass is 10.1. The summed E-state index contributed by atoms with van der Waals surface area (Å²) in [6, 6.07) is 2.19. The van der Waals surface area contributed by atoms with E-state index in [1.54, 1.807) is 0 Å². The number of nitrogens with two attached hydrogens (primary N) is 1. The van der Waals surface area contributed by atoms with Gasteiger partial charge in [-0.05, 0) is 18.8 Å². The van der Waals surface area contributed by atoms with Gasteiger partial charge in [-0.25, -0.2) is 4.98 Å². The number of hydrogen-bond acceptors (Lipinski definition) is 5. The maximum atomic E-state index is 5.92. The normalized spacial score (nSPS) is 14.8. The average Bonchev–Trinajstić information content (AvgIpc) is 2.96. The Kier molecular flexibility index (Phi) is 3.30. The van der Waals surface area contributed by atoms with Crippen LogP contribution in [0.4, 0.5) is 5.82 Å². The van der Waals surface area contributed by atoms with Crippen LogP contribution in [-0.2, 0) is 0 Å². The van der Waals surface area contributed by atoms with Gasteiger partial charge in [-0.1, -0.05) is 13.8 Å². The number of hydrogen-bond donors (Lipinski definition) is 1. The number of halogens is 1. The molecule has 0 atom stereocenters. The maximum Gasteiger partial charge on any atom is 0.338 e. The van der Waals surface area contributed by atoms with Crippen molar-refractivity contribution in [2.24, 2.45) is 0 Å². The van der Waals surface area contributed by atoms with E-state index >= 15 is 0 Å². The van der Waals surface area contributed by atoms with E-state index in [9.17, 15) is 0 Å². The van der Waals surface area contributed by atoms with Crippen molar-refractivity contribution in [2.45, 2.75) is 38.7 Å². The van der Waals surface area contributed by atoms with Crippen molar-refractivity contribution in [3.05, 3.63) is 11.8 Å². The van der Waals surface area contributed by atoms with Gasteiger partial charge in [-0.3, -0.25) is 0 Å². The molecule has 7 heteroatoms. The number of anilines is 1. The molecule has 2 aromatic rings. The third kappa shape index (κ3) is 2.33. The van der Waals surface area contributed by atoms with Crippen LogP contribution in [0.15, 0.2) is 6.07 Å². The van der Waals surface area contributed by atoms with Crippen LogP contribution in [0, 0.1) is 0 Å². The summed E-state index contributed by atoms with van der Waals surface area (Å²) in [4.78, 5) is 8.65.